The van der Waals surface area contributed by atoms with Crippen molar-refractivity contribution in [2.24, 2.45) is 0 Å². The molecule has 0 fully saturated rings. The number of carboxylic acids is 1. The Hall–Kier alpha value is -1.07. The summed E-state index contributed by atoms with van der Waals surface area (Å²) in [7, 11) is 0. The van der Waals surface area contributed by atoms with Crippen LogP contribution in [0.1, 0.15) is 38.7 Å². The minimum Gasteiger partial charge on any atom is -0.493 e. The molecule has 4 nitrogen and oxygen atoms in total. The maximum atomic E-state index is 11.0. The van der Waals surface area contributed by atoms with Crippen molar-refractivity contribution in [2.75, 3.05) is 13.2 Å². The quantitative estimate of drug-likeness (QED) is 0.778. The smallest absolute Gasteiger partial charge is 0.332 e. The average molecular weight is 345 g/mol. The summed E-state index contributed by atoms with van der Waals surface area (Å²) in [5.41, 5.74) is 1.10. The molecule has 1 aromatic carbocycles. The summed E-state index contributed by atoms with van der Waals surface area (Å²) in [4.78, 5) is 11.0. The number of benzene rings is 1. The Morgan fingerprint density at radius 1 is 1.40 bits per heavy atom. The van der Waals surface area contributed by atoms with Crippen LogP contribution in [0.4, 0.5) is 0 Å². The Morgan fingerprint density at radius 2 is 2.10 bits per heavy atom. The number of halogens is 1. The van der Waals surface area contributed by atoms with E-state index in [2.05, 4.69) is 29.8 Å². The van der Waals surface area contributed by atoms with Crippen molar-refractivity contribution in [3.63, 3.8) is 0 Å². The monoisotopic (exact) mass is 344 g/mol. The molecule has 0 saturated heterocycles. The first kappa shape index (κ1) is 17.0. The molecule has 1 N–H and O–H groups in total. The van der Waals surface area contributed by atoms with Crippen LogP contribution in [0, 0.1) is 0 Å². The lowest BCUT2D eigenvalue weighted by atomic mass is 10.0. The molecule has 0 saturated carbocycles. The summed E-state index contributed by atoms with van der Waals surface area (Å²) in [6, 6.07) is 5.84. The van der Waals surface area contributed by atoms with E-state index in [0.29, 0.717) is 25.6 Å². The standard InChI is InChI=1S/C15H21BrO4/c1-4-19-14(15(17)18)7-8-20-13-6-5-11(16)9-12(13)10(2)3/h5-6,9-10,14H,4,7-8H2,1-3H3,(H,17,18). The highest BCUT2D eigenvalue weighted by atomic mass is 79.9. The molecule has 1 atom stereocenters. The Labute approximate surface area is 128 Å². The molecule has 0 aliphatic rings. The van der Waals surface area contributed by atoms with E-state index in [9.17, 15) is 4.79 Å². The van der Waals surface area contributed by atoms with E-state index in [-0.39, 0.29) is 0 Å². The van der Waals surface area contributed by atoms with E-state index in [1.807, 2.05) is 18.2 Å². The van der Waals surface area contributed by atoms with Gasteiger partial charge in [-0.25, -0.2) is 4.79 Å². The second-order valence-electron chi connectivity index (χ2n) is 4.76. The summed E-state index contributed by atoms with van der Waals surface area (Å²) >= 11 is 3.44. The lowest BCUT2D eigenvalue weighted by Crippen LogP contribution is -2.26. The lowest BCUT2D eigenvalue weighted by Gasteiger charge is -2.16. The lowest BCUT2D eigenvalue weighted by molar-refractivity contribution is -0.150. The molecule has 1 rings (SSSR count). The Bertz CT molecular complexity index is 445. The van der Waals surface area contributed by atoms with Gasteiger partial charge in [0.15, 0.2) is 6.10 Å². The summed E-state index contributed by atoms with van der Waals surface area (Å²) in [6.45, 7) is 6.66. The average Bonchev–Trinajstić information content (AvgIpc) is 2.38. The fourth-order valence-electron chi connectivity index (χ4n) is 1.86. The third-order valence-electron chi connectivity index (χ3n) is 2.87. The number of rotatable bonds is 8. The van der Waals surface area contributed by atoms with Gasteiger partial charge >= 0.3 is 5.97 Å². The molecule has 0 aliphatic heterocycles. The van der Waals surface area contributed by atoms with E-state index >= 15 is 0 Å². The van der Waals surface area contributed by atoms with Gasteiger partial charge in [0.1, 0.15) is 5.75 Å². The van der Waals surface area contributed by atoms with Crippen molar-refractivity contribution in [1.29, 1.82) is 0 Å². The number of ether oxygens (including phenoxy) is 2. The van der Waals surface area contributed by atoms with Gasteiger partial charge in [0.05, 0.1) is 6.61 Å². The van der Waals surface area contributed by atoms with Crippen LogP contribution in [0.25, 0.3) is 0 Å². The zero-order chi connectivity index (χ0) is 15.1. The number of hydrogen-bond acceptors (Lipinski definition) is 3. The molecule has 0 aromatic heterocycles. The van der Waals surface area contributed by atoms with Gasteiger partial charge in [-0.2, -0.15) is 0 Å². The van der Waals surface area contributed by atoms with E-state index < -0.39 is 12.1 Å². The molecule has 1 aromatic rings. The summed E-state index contributed by atoms with van der Waals surface area (Å²) in [5.74, 6) is 0.184. The number of aliphatic carboxylic acids is 1. The van der Waals surface area contributed by atoms with Crippen molar-refractivity contribution in [3.05, 3.63) is 28.2 Å². The minimum atomic E-state index is -0.949. The highest BCUT2D eigenvalue weighted by molar-refractivity contribution is 9.10. The molecule has 0 radical (unpaired) electrons. The van der Waals surface area contributed by atoms with Crippen LogP contribution in [-0.2, 0) is 9.53 Å². The molecular weight excluding hydrogens is 324 g/mol. The molecule has 0 spiro atoms. The van der Waals surface area contributed by atoms with Crippen LogP contribution in [-0.4, -0.2) is 30.4 Å². The molecule has 5 heteroatoms. The third kappa shape index (κ3) is 5.13. The highest BCUT2D eigenvalue weighted by Gasteiger charge is 2.17. The van der Waals surface area contributed by atoms with Crippen LogP contribution >= 0.6 is 15.9 Å². The van der Waals surface area contributed by atoms with Gasteiger partial charge in [-0.15, -0.1) is 0 Å². The van der Waals surface area contributed by atoms with Crippen molar-refractivity contribution in [1.82, 2.24) is 0 Å². The molecular formula is C15H21BrO4. The summed E-state index contributed by atoms with van der Waals surface area (Å²) in [5, 5.41) is 8.99. The topological polar surface area (TPSA) is 55.8 Å². The van der Waals surface area contributed by atoms with Crippen molar-refractivity contribution < 1.29 is 19.4 Å². The Morgan fingerprint density at radius 3 is 2.65 bits per heavy atom. The first-order valence-corrected chi connectivity index (χ1v) is 7.51. The summed E-state index contributed by atoms with van der Waals surface area (Å²) in [6.07, 6.45) is -0.477. The van der Waals surface area contributed by atoms with Crippen LogP contribution in [0.15, 0.2) is 22.7 Å². The van der Waals surface area contributed by atoms with E-state index in [4.69, 9.17) is 14.6 Å². The van der Waals surface area contributed by atoms with Gasteiger partial charge in [0, 0.05) is 17.5 Å². The predicted octanol–water partition coefficient (Wildman–Crippen LogP) is 3.83. The molecule has 0 amide bonds. The normalized spacial score (nSPS) is 12.4. The van der Waals surface area contributed by atoms with Gasteiger partial charge in [0.25, 0.3) is 0 Å². The zero-order valence-electron chi connectivity index (χ0n) is 12.1. The van der Waals surface area contributed by atoms with Crippen molar-refractivity contribution in [2.45, 2.75) is 39.2 Å². The van der Waals surface area contributed by atoms with E-state index in [0.717, 1.165) is 15.8 Å². The van der Waals surface area contributed by atoms with Crippen LogP contribution in [0.3, 0.4) is 0 Å². The summed E-state index contributed by atoms with van der Waals surface area (Å²) < 4.78 is 11.9. The Kier molecular flexibility index (Phi) is 7.02. The fourth-order valence-corrected chi connectivity index (χ4v) is 2.24. The SMILES string of the molecule is CCOC(CCOc1ccc(Br)cc1C(C)C)C(=O)O. The van der Waals surface area contributed by atoms with Crippen LogP contribution in [0.5, 0.6) is 5.75 Å². The van der Waals surface area contributed by atoms with Crippen LogP contribution < -0.4 is 4.74 Å². The molecule has 0 aliphatic carbocycles. The number of carboxylic acid groups (broad SMARTS) is 1. The maximum Gasteiger partial charge on any atom is 0.332 e. The first-order chi connectivity index (χ1) is 9.45. The van der Waals surface area contributed by atoms with Gasteiger partial charge in [-0.3, -0.25) is 0 Å². The van der Waals surface area contributed by atoms with Crippen molar-refractivity contribution in [3.8, 4) is 5.75 Å². The number of hydrogen-bond donors (Lipinski definition) is 1. The second kappa shape index (κ2) is 8.27. The third-order valence-corrected chi connectivity index (χ3v) is 3.37. The number of carbonyl (C=O) groups is 1. The van der Waals surface area contributed by atoms with Crippen molar-refractivity contribution >= 4 is 21.9 Å². The minimum absolute atomic E-state index is 0.318. The first-order valence-electron chi connectivity index (χ1n) is 6.72. The van der Waals surface area contributed by atoms with Gasteiger partial charge in [-0.05, 0) is 36.6 Å². The van der Waals surface area contributed by atoms with Gasteiger partial charge < -0.3 is 14.6 Å². The molecule has 20 heavy (non-hydrogen) atoms. The van der Waals surface area contributed by atoms with E-state index in [1.54, 1.807) is 6.92 Å². The van der Waals surface area contributed by atoms with Crippen LogP contribution in [0.2, 0.25) is 0 Å². The highest BCUT2D eigenvalue weighted by Crippen LogP contribution is 2.29. The predicted molar refractivity (Wildman–Crippen MR) is 81.4 cm³/mol. The zero-order valence-corrected chi connectivity index (χ0v) is 13.6. The largest absolute Gasteiger partial charge is 0.493 e. The molecule has 0 heterocycles. The maximum absolute atomic E-state index is 11.0. The second-order valence-corrected chi connectivity index (χ2v) is 5.67. The Balaban J connectivity index is 2.63. The molecule has 0 bridgehead atoms. The van der Waals surface area contributed by atoms with Gasteiger partial charge in [-0.1, -0.05) is 29.8 Å². The fraction of sp³-hybridized carbons (Fsp3) is 0.533. The van der Waals surface area contributed by atoms with E-state index in [1.165, 1.54) is 0 Å². The molecule has 1 unspecified atom stereocenters. The van der Waals surface area contributed by atoms with Gasteiger partial charge in [0.2, 0.25) is 0 Å². The molecule has 112 valence electrons.